The van der Waals surface area contributed by atoms with E-state index in [0.717, 1.165) is 28.7 Å². The Morgan fingerprint density at radius 2 is 1.19 bits per heavy atom. The van der Waals surface area contributed by atoms with Crippen molar-refractivity contribution < 1.29 is 21.1 Å². The Morgan fingerprint density at radius 1 is 0.692 bits per heavy atom. The van der Waals surface area contributed by atoms with Crippen LogP contribution < -0.4 is 4.90 Å². The Kier molecular flexibility index (Phi) is 7.36. The summed E-state index contributed by atoms with van der Waals surface area (Å²) in [6, 6.07) is 21.7. The van der Waals surface area contributed by atoms with Crippen LogP contribution in [0, 0.1) is 0 Å². The molecule has 0 saturated heterocycles. The molecule has 2 aromatic heterocycles. The number of hydrogen-bond donors (Lipinski definition) is 0. The Morgan fingerprint density at radius 3 is 1.65 bits per heavy atom. The molecule has 0 aliphatic rings. The molecule has 134 valence electrons. The molecule has 1 aromatic carbocycles. The monoisotopic (exact) mass is 524 g/mol. The normalized spacial score (nSPS) is 10.8. The average Bonchev–Trinajstić information content (AvgIpc) is 2.64. The molecular weight excluding hydrogens is 505 g/mol. The summed E-state index contributed by atoms with van der Waals surface area (Å²) in [6.45, 7) is 0. The fourth-order valence-electron chi connectivity index (χ4n) is 2.50. The zero-order valence-electron chi connectivity index (χ0n) is 14.6. The summed E-state index contributed by atoms with van der Waals surface area (Å²) < 4.78 is 0. The molecule has 0 bridgehead atoms. The number of aromatic nitrogens is 2. The molecule has 5 nitrogen and oxygen atoms in total. The van der Waals surface area contributed by atoms with Gasteiger partial charge >= 0.3 is 0 Å². The molecule has 0 unspecified atom stereocenters. The molecule has 3 aromatic rings. The summed E-state index contributed by atoms with van der Waals surface area (Å²) >= 11 is 0. The van der Waals surface area contributed by atoms with Crippen molar-refractivity contribution >= 4 is 29.8 Å². The first-order valence-electron chi connectivity index (χ1n) is 7.95. The van der Waals surface area contributed by atoms with Crippen LogP contribution in [0.15, 0.2) is 76.7 Å². The quantitative estimate of drug-likeness (QED) is 0.474. The predicted octanol–water partition coefficient (Wildman–Crippen LogP) is 4.04. The van der Waals surface area contributed by atoms with Crippen LogP contribution in [0.3, 0.4) is 0 Å². The molecule has 0 atom stereocenters. The van der Waals surface area contributed by atoms with E-state index in [4.69, 9.17) is 9.97 Å². The van der Waals surface area contributed by atoms with Crippen LogP contribution >= 0.6 is 0 Å². The molecule has 3 rings (SSSR count). The summed E-state index contributed by atoms with van der Waals surface area (Å²) in [6.07, 6.45) is 3.47. The minimum Gasteiger partial charge on any atom is -0.294 e. The number of pyridine rings is 2. The fourth-order valence-corrected chi connectivity index (χ4v) is 2.50. The van der Waals surface area contributed by atoms with Gasteiger partial charge in [0.2, 0.25) is 0 Å². The van der Waals surface area contributed by atoms with Gasteiger partial charge in [0.15, 0.2) is 0 Å². The standard InChI is InChI=1S/C20H19N5.Pt/c1-21-14-16-8-6-12-19(23-16)25(18-10-4-3-5-11-18)20-13-7-9-17(24-20)15-22-2;/h3-15H,1-2H3;. The molecule has 0 saturated carbocycles. The second-order valence-corrected chi connectivity index (χ2v) is 5.29. The molecule has 0 N–H and O–H groups in total. The van der Waals surface area contributed by atoms with Crippen molar-refractivity contribution in [1.29, 1.82) is 0 Å². The topological polar surface area (TPSA) is 53.7 Å². The van der Waals surface area contributed by atoms with Gasteiger partial charge < -0.3 is 0 Å². The molecule has 0 spiro atoms. The summed E-state index contributed by atoms with van der Waals surface area (Å²) in [5, 5.41) is 0. The molecule has 0 aliphatic heterocycles. The van der Waals surface area contributed by atoms with E-state index in [2.05, 4.69) is 9.98 Å². The summed E-state index contributed by atoms with van der Waals surface area (Å²) in [4.78, 5) is 19.5. The van der Waals surface area contributed by atoms with E-state index >= 15 is 0 Å². The number of para-hydroxylation sites is 1. The van der Waals surface area contributed by atoms with Gasteiger partial charge in [-0.15, -0.1) is 0 Å². The van der Waals surface area contributed by atoms with Gasteiger partial charge in [-0.3, -0.25) is 14.9 Å². The fraction of sp³-hybridized carbons (Fsp3) is 0.100. The second-order valence-electron chi connectivity index (χ2n) is 5.29. The third kappa shape index (κ3) is 4.70. The maximum atomic E-state index is 4.69. The zero-order valence-corrected chi connectivity index (χ0v) is 16.8. The number of nitrogens with zero attached hydrogens (tertiary/aromatic N) is 5. The van der Waals surface area contributed by atoms with E-state index in [1.807, 2.05) is 71.6 Å². The Balaban J connectivity index is 0.00000243. The predicted molar refractivity (Wildman–Crippen MR) is 104 cm³/mol. The van der Waals surface area contributed by atoms with Crippen LogP contribution in [-0.4, -0.2) is 36.5 Å². The van der Waals surface area contributed by atoms with Gasteiger partial charge in [-0.2, -0.15) is 0 Å². The van der Waals surface area contributed by atoms with E-state index < -0.39 is 0 Å². The molecule has 26 heavy (non-hydrogen) atoms. The van der Waals surface area contributed by atoms with Crippen molar-refractivity contribution in [1.82, 2.24) is 9.97 Å². The summed E-state index contributed by atoms with van der Waals surface area (Å²) in [7, 11) is 3.47. The molecule has 0 aliphatic carbocycles. The van der Waals surface area contributed by atoms with Gasteiger partial charge in [-0.1, -0.05) is 30.3 Å². The molecular formula is C20H19N5Pt. The smallest absolute Gasteiger partial charge is 0.139 e. The van der Waals surface area contributed by atoms with Crippen molar-refractivity contribution in [2.24, 2.45) is 9.98 Å². The maximum absolute atomic E-state index is 4.69. The first-order chi connectivity index (χ1) is 12.3. The van der Waals surface area contributed by atoms with Crippen molar-refractivity contribution in [3.05, 3.63) is 78.1 Å². The SMILES string of the molecule is CN=Cc1cccc(N(c2ccccc2)c2cccc(C=NC)n2)n1.[Pt]. The van der Waals surface area contributed by atoms with Crippen LogP contribution in [0.25, 0.3) is 0 Å². The van der Waals surface area contributed by atoms with Crippen LogP contribution in [0.1, 0.15) is 11.4 Å². The van der Waals surface area contributed by atoms with Crippen molar-refractivity contribution in [2.45, 2.75) is 0 Å². The molecule has 6 heteroatoms. The van der Waals surface area contributed by atoms with E-state index in [1.54, 1.807) is 26.5 Å². The van der Waals surface area contributed by atoms with Gasteiger partial charge in [-0.05, 0) is 36.4 Å². The largest absolute Gasteiger partial charge is 0.294 e. The maximum Gasteiger partial charge on any atom is 0.139 e. The average molecular weight is 524 g/mol. The molecule has 2 heterocycles. The van der Waals surface area contributed by atoms with Gasteiger partial charge in [0, 0.05) is 53.3 Å². The first kappa shape index (κ1) is 19.7. The van der Waals surface area contributed by atoms with E-state index in [0.29, 0.717) is 0 Å². The van der Waals surface area contributed by atoms with Crippen LogP contribution in [0.2, 0.25) is 0 Å². The number of hydrogen-bond acceptors (Lipinski definition) is 5. The molecule has 0 fully saturated rings. The van der Waals surface area contributed by atoms with E-state index in [1.165, 1.54) is 0 Å². The van der Waals surface area contributed by atoms with Gasteiger partial charge in [0.1, 0.15) is 11.6 Å². The van der Waals surface area contributed by atoms with E-state index in [-0.39, 0.29) is 21.1 Å². The van der Waals surface area contributed by atoms with Gasteiger partial charge in [0.05, 0.1) is 11.4 Å². The minimum atomic E-state index is 0. The number of benzene rings is 1. The Hall–Kier alpha value is -2.65. The number of aliphatic imine (C=N–C) groups is 2. The van der Waals surface area contributed by atoms with Crippen LogP contribution in [0.5, 0.6) is 0 Å². The Bertz CT molecular complexity index is 838. The minimum absolute atomic E-state index is 0. The van der Waals surface area contributed by atoms with Gasteiger partial charge in [0.25, 0.3) is 0 Å². The number of rotatable bonds is 5. The molecule has 0 radical (unpaired) electrons. The van der Waals surface area contributed by atoms with Gasteiger partial charge in [-0.25, -0.2) is 9.97 Å². The summed E-state index contributed by atoms with van der Waals surface area (Å²) in [5.41, 5.74) is 2.58. The van der Waals surface area contributed by atoms with Crippen molar-refractivity contribution in [3.63, 3.8) is 0 Å². The zero-order chi connectivity index (χ0) is 17.5. The first-order valence-corrected chi connectivity index (χ1v) is 7.95. The number of anilines is 3. The van der Waals surface area contributed by atoms with Crippen molar-refractivity contribution in [2.75, 3.05) is 19.0 Å². The summed E-state index contributed by atoms with van der Waals surface area (Å²) in [5.74, 6) is 1.56. The van der Waals surface area contributed by atoms with Crippen LogP contribution in [-0.2, 0) is 21.1 Å². The third-order valence-electron chi connectivity index (χ3n) is 3.51. The third-order valence-corrected chi connectivity index (χ3v) is 3.51. The second kappa shape index (κ2) is 9.73. The van der Waals surface area contributed by atoms with Crippen LogP contribution in [0.4, 0.5) is 17.3 Å². The van der Waals surface area contributed by atoms with Crippen molar-refractivity contribution in [3.8, 4) is 0 Å². The Labute approximate surface area is 167 Å². The molecule has 0 amide bonds. The van der Waals surface area contributed by atoms with E-state index in [9.17, 15) is 0 Å².